The third kappa shape index (κ3) is 2.87. The van der Waals surface area contributed by atoms with Crippen molar-refractivity contribution >= 4 is 28.2 Å². The zero-order valence-corrected chi connectivity index (χ0v) is 14.1. The van der Waals surface area contributed by atoms with Gasteiger partial charge in [0.25, 0.3) is 0 Å². The second-order valence-corrected chi connectivity index (χ2v) is 6.05. The average Bonchev–Trinajstić information content (AvgIpc) is 3.03. The van der Waals surface area contributed by atoms with Gasteiger partial charge >= 0.3 is 12.2 Å². The van der Waals surface area contributed by atoms with Crippen LogP contribution in [0.5, 0.6) is 0 Å². The molecule has 1 aliphatic rings. The number of anilines is 2. The van der Waals surface area contributed by atoms with Crippen molar-refractivity contribution in [2.45, 2.75) is 12.2 Å². The van der Waals surface area contributed by atoms with Crippen LogP contribution in [0.3, 0.4) is 0 Å². The summed E-state index contributed by atoms with van der Waals surface area (Å²) in [7, 11) is 0. The highest BCUT2D eigenvalue weighted by atomic mass is 19.4. The molecule has 3 aromatic rings. The molecule has 3 heterocycles. The predicted molar refractivity (Wildman–Crippen MR) is 93.4 cm³/mol. The van der Waals surface area contributed by atoms with E-state index < -0.39 is 24.1 Å². The Labute approximate surface area is 156 Å². The second-order valence-electron chi connectivity index (χ2n) is 6.05. The van der Waals surface area contributed by atoms with Gasteiger partial charge in [0.05, 0.1) is 42.6 Å². The molecule has 10 heteroatoms. The van der Waals surface area contributed by atoms with Crippen molar-refractivity contribution in [2.75, 3.05) is 16.3 Å². The number of fused-ring (bicyclic) bond motifs is 1. The molecule has 1 fully saturated rings. The molecule has 1 aliphatic heterocycles. The van der Waals surface area contributed by atoms with E-state index >= 15 is 0 Å². The minimum Gasteiger partial charge on any atom is -0.288 e. The first-order valence-electron chi connectivity index (χ1n) is 8.12. The smallest absolute Gasteiger partial charge is 0.288 e. The number of carbonyl (C=O) groups is 1. The highest BCUT2D eigenvalue weighted by Crippen LogP contribution is 2.33. The van der Waals surface area contributed by atoms with Crippen LogP contribution in [0, 0.1) is 11.3 Å². The number of urea groups is 1. The third-order valence-electron chi connectivity index (χ3n) is 4.36. The van der Waals surface area contributed by atoms with Gasteiger partial charge in [0.2, 0.25) is 5.82 Å². The van der Waals surface area contributed by atoms with Crippen LogP contribution in [-0.2, 0) is 6.18 Å². The summed E-state index contributed by atoms with van der Waals surface area (Å²) in [5, 5.41) is 11.1. The maximum atomic E-state index is 13.0. The molecule has 140 valence electrons. The molecule has 7 nitrogen and oxygen atoms in total. The fraction of sp³-hybridized carbons (Fsp3) is 0.167. The van der Waals surface area contributed by atoms with Crippen LogP contribution in [0.1, 0.15) is 5.82 Å². The fourth-order valence-electron chi connectivity index (χ4n) is 3.08. The van der Waals surface area contributed by atoms with Gasteiger partial charge in [-0.15, -0.1) is 0 Å². The molecule has 0 aliphatic carbocycles. The van der Waals surface area contributed by atoms with E-state index in [1.54, 1.807) is 18.3 Å². The monoisotopic (exact) mass is 384 g/mol. The SMILES string of the molecule is N#CC1CN(c2cnc(C(F)(F)F)nc2)C(=O)N1c1cncc2ccccc12. The van der Waals surface area contributed by atoms with Gasteiger partial charge in [-0.05, 0) is 0 Å². The Hall–Kier alpha value is -3.74. The number of pyridine rings is 1. The number of carbonyl (C=O) groups excluding carboxylic acids is 1. The molecule has 0 radical (unpaired) electrons. The molecule has 0 N–H and O–H groups in total. The van der Waals surface area contributed by atoms with E-state index in [9.17, 15) is 23.2 Å². The quantitative estimate of drug-likeness (QED) is 0.676. The molecule has 28 heavy (non-hydrogen) atoms. The second kappa shape index (κ2) is 6.45. The number of hydrogen-bond donors (Lipinski definition) is 0. The summed E-state index contributed by atoms with van der Waals surface area (Å²) < 4.78 is 38.0. The van der Waals surface area contributed by atoms with Crippen molar-refractivity contribution in [3.8, 4) is 6.07 Å². The number of alkyl halides is 3. The predicted octanol–water partition coefficient (Wildman–Crippen LogP) is 3.38. The van der Waals surface area contributed by atoms with Crippen molar-refractivity contribution in [3.05, 3.63) is 54.9 Å². The lowest BCUT2D eigenvalue weighted by Gasteiger charge is -2.20. The number of amides is 2. The van der Waals surface area contributed by atoms with E-state index in [1.807, 2.05) is 12.1 Å². The van der Waals surface area contributed by atoms with Gasteiger partial charge in [0.1, 0.15) is 6.04 Å². The fourth-order valence-corrected chi connectivity index (χ4v) is 3.08. The van der Waals surface area contributed by atoms with E-state index in [1.165, 1.54) is 16.0 Å². The largest absolute Gasteiger partial charge is 0.451 e. The molecule has 1 unspecified atom stereocenters. The lowest BCUT2D eigenvalue weighted by atomic mass is 10.1. The van der Waals surface area contributed by atoms with E-state index in [0.29, 0.717) is 5.69 Å². The minimum absolute atomic E-state index is 0.0344. The summed E-state index contributed by atoms with van der Waals surface area (Å²) in [6.07, 6.45) is 0.295. The van der Waals surface area contributed by atoms with Crippen LogP contribution in [0.2, 0.25) is 0 Å². The number of hydrogen-bond acceptors (Lipinski definition) is 5. The topological polar surface area (TPSA) is 86.0 Å². The molecule has 2 amide bonds. The summed E-state index contributed by atoms with van der Waals surface area (Å²) in [6, 6.07) is 7.91. The molecule has 2 aromatic heterocycles. The highest BCUT2D eigenvalue weighted by Gasteiger charge is 2.41. The number of aromatic nitrogens is 3. The summed E-state index contributed by atoms with van der Waals surface area (Å²) >= 11 is 0. The highest BCUT2D eigenvalue weighted by molar-refractivity contribution is 6.11. The molecular formula is C18H11F3N6O. The van der Waals surface area contributed by atoms with Gasteiger partial charge < -0.3 is 0 Å². The summed E-state index contributed by atoms with van der Waals surface area (Å²) in [5.41, 5.74) is 0.527. The van der Waals surface area contributed by atoms with Crippen molar-refractivity contribution in [1.82, 2.24) is 15.0 Å². The number of halogens is 3. The first-order chi connectivity index (χ1) is 13.4. The molecule has 0 spiro atoms. The zero-order chi connectivity index (χ0) is 19.9. The van der Waals surface area contributed by atoms with E-state index in [0.717, 1.165) is 23.2 Å². The van der Waals surface area contributed by atoms with Crippen molar-refractivity contribution < 1.29 is 18.0 Å². The Morgan fingerprint density at radius 1 is 1.11 bits per heavy atom. The molecule has 0 saturated carbocycles. The molecule has 0 bridgehead atoms. The molecule has 1 aromatic carbocycles. The van der Waals surface area contributed by atoms with Gasteiger partial charge in [-0.2, -0.15) is 18.4 Å². The van der Waals surface area contributed by atoms with Crippen molar-refractivity contribution in [3.63, 3.8) is 0 Å². The Balaban J connectivity index is 1.73. The Morgan fingerprint density at radius 3 is 2.50 bits per heavy atom. The number of nitrogens with zero attached hydrogens (tertiary/aromatic N) is 6. The Kier molecular flexibility index (Phi) is 4.07. The van der Waals surface area contributed by atoms with Crippen LogP contribution < -0.4 is 9.80 Å². The minimum atomic E-state index is -4.68. The van der Waals surface area contributed by atoms with Gasteiger partial charge in [0, 0.05) is 17.0 Å². The van der Waals surface area contributed by atoms with Crippen LogP contribution in [0.15, 0.2) is 49.1 Å². The van der Waals surface area contributed by atoms with E-state index in [2.05, 4.69) is 21.0 Å². The lowest BCUT2D eigenvalue weighted by molar-refractivity contribution is -0.144. The third-order valence-corrected chi connectivity index (χ3v) is 4.36. The van der Waals surface area contributed by atoms with Crippen LogP contribution in [-0.4, -0.2) is 33.6 Å². The molecule has 1 atom stereocenters. The summed E-state index contributed by atoms with van der Waals surface area (Å²) in [5.74, 6) is -1.30. The maximum Gasteiger partial charge on any atom is 0.451 e. The lowest BCUT2D eigenvalue weighted by Crippen LogP contribution is -2.34. The first kappa shape index (κ1) is 17.7. The Bertz CT molecular complexity index is 1090. The van der Waals surface area contributed by atoms with Crippen LogP contribution >= 0.6 is 0 Å². The molecule has 4 rings (SSSR count). The average molecular weight is 384 g/mol. The number of benzene rings is 1. The van der Waals surface area contributed by atoms with E-state index in [4.69, 9.17) is 0 Å². The normalized spacial score (nSPS) is 17.2. The van der Waals surface area contributed by atoms with Crippen molar-refractivity contribution in [2.24, 2.45) is 0 Å². The van der Waals surface area contributed by atoms with Gasteiger partial charge in [-0.3, -0.25) is 14.8 Å². The summed E-state index contributed by atoms with van der Waals surface area (Å²) in [4.78, 5) is 26.2. The van der Waals surface area contributed by atoms with Gasteiger partial charge in [-0.1, -0.05) is 24.3 Å². The Morgan fingerprint density at radius 2 is 1.82 bits per heavy atom. The van der Waals surface area contributed by atoms with Crippen LogP contribution in [0.4, 0.5) is 29.3 Å². The van der Waals surface area contributed by atoms with Gasteiger partial charge in [-0.25, -0.2) is 14.8 Å². The van der Waals surface area contributed by atoms with Crippen molar-refractivity contribution in [1.29, 1.82) is 5.26 Å². The zero-order valence-electron chi connectivity index (χ0n) is 14.1. The van der Waals surface area contributed by atoms with E-state index in [-0.39, 0.29) is 12.2 Å². The standard InChI is InChI=1S/C18H11F3N6O/c19-18(20,21)16-24-7-13(8-25-16)26-10-12(5-22)27(17(26)28)15-9-23-6-11-3-1-2-4-14(11)15/h1-4,6-9,12H,10H2. The van der Waals surface area contributed by atoms with Crippen LogP contribution in [0.25, 0.3) is 10.8 Å². The van der Waals surface area contributed by atoms with Gasteiger partial charge in [0.15, 0.2) is 0 Å². The number of nitriles is 1. The maximum absolute atomic E-state index is 13.0. The summed E-state index contributed by atoms with van der Waals surface area (Å²) in [6.45, 7) is -0.0344. The number of rotatable bonds is 2. The first-order valence-corrected chi connectivity index (χ1v) is 8.12. The molecule has 1 saturated heterocycles. The molecular weight excluding hydrogens is 373 g/mol.